The molecule has 3 nitrogen and oxygen atoms in total. The SMILES string of the molecule is COC(=O)c1cc(CBr)cc(C2(C#N)CC2)c1. The van der Waals surface area contributed by atoms with E-state index in [0.717, 1.165) is 24.0 Å². The van der Waals surface area contributed by atoms with Crippen molar-refractivity contribution in [1.82, 2.24) is 0 Å². The van der Waals surface area contributed by atoms with E-state index in [9.17, 15) is 10.1 Å². The number of benzene rings is 1. The maximum absolute atomic E-state index is 11.5. The Labute approximate surface area is 109 Å². The number of esters is 1. The zero-order valence-electron chi connectivity index (χ0n) is 9.50. The second kappa shape index (κ2) is 4.50. The summed E-state index contributed by atoms with van der Waals surface area (Å²) in [6.45, 7) is 0. The van der Waals surface area contributed by atoms with Gasteiger partial charge in [-0.05, 0) is 36.1 Å². The molecular formula is C13H12BrNO2. The first-order valence-corrected chi connectivity index (χ1v) is 6.47. The fraction of sp³-hybridized carbons (Fsp3) is 0.385. The van der Waals surface area contributed by atoms with Crippen LogP contribution in [0.25, 0.3) is 0 Å². The Morgan fingerprint density at radius 3 is 2.71 bits per heavy atom. The number of nitriles is 1. The van der Waals surface area contributed by atoms with Gasteiger partial charge in [0.05, 0.1) is 24.2 Å². The Morgan fingerprint density at radius 2 is 2.24 bits per heavy atom. The fourth-order valence-corrected chi connectivity index (χ4v) is 2.19. The molecular weight excluding hydrogens is 282 g/mol. The van der Waals surface area contributed by atoms with Gasteiger partial charge < -0.3 is 4.74 Å². The lowest BCUT2D eigenvalue weighted by molar-refractivity contribution is 0.0600. The zero-order chi connectivity index (χ0) is 12.5. The quantitative estimate of drug-likeness (QED) is 0.636. The van der Waals surface area contributed by atoms with E-state index in [-0.39, 0.29) is 11.4 Å². The average molecular weight is 294 g/mol. The summed E-state index contributed by atoms with van der Waals surface area (Å²) in [6, 6.07) is 7.88. The number of hydrogen-bond acceptors (Lipinski definition) is 3. The van der Waals surface area contributed by atoms with Crippen LogP contribution < -0.4 is 0 Å². The standard InChI is InChI=1S/C13H12BrNO2/c1-17-12(16)10-4-9(7-14)5-11(6-10)13(8-15)2-3-13/h4-6H,2-3,7H2,1H3. The normalized spacial score (nSPS) is 16.1. The summed E-state index contributed by atoms with van der Waals surface area (Å²) in [6.07, 6.45) is 1.74. The van der Waals surface area contributed by atoms with Crippen molar-refractivity contribution >= 4 is 21.9 Å². The van der Waals surface area contributed by atoms with Crippen LogP contribution in [-0.4, -0.2) is 13.1 Å². The molecule has 1 fully saturated rings. The summed E-state index contributed by atoms with van der Waals surface area (Å²) < 4.78 is 4.72. The lowest BCUT2D eigenvalue weighted by Gasteiger charge is -2.10. The van der Waals surface area contributed by atoms with Crippen molar-refractivity contribution in [2.24, 2.45) is 0 Å². The van der Waals surface area contributed by atoms with E-state index in [1.54, 1.807) is 12.1 Å². The molecule has 0 aliphatic heterocycles. The summed E-state index contributed by atoms with van der Waals surface area (Å²) in [5.41, 5.74) is 2.06. The van der Waals surface area contributed by atoms with E-state index >= 15 is 0 Å². The van der Waals surface area contributed by atoms with E-state index in [2.05, 4.69) is 22.0 Å². The van der Waals surface area contributed by atoms with Crippen LogP contribution in [0.15, 0.2) is 18.2 Å². The van der Waals surface area contributed by atoms with Crippen molar-refractivity contribution in [3.05, 3.63) is 34.9 Å². The molecule has 1 aliphatic carbocycles. The van der Waals surface area contributed by atoms with Gasteiger partial charge in [-0.1, -0.05) is 22.0 Å². The van der Waals surface area contributed by atoms with E-state index in [1.807, 2.05) is 6.07 Å². The van der Waals surface area contributed by atoms with Crippen LogP contribution >= 0.6 is 15.9 Å². The van der Waals surface area contributed by atoms with Gasteiger partial charge in [-0.3, -0.25) is 0 Å². The molecule has 0 spiro atoms. The molecule has 17 heavy (non-hydrogen) atoms. The first kappa shape index (κ1) is 12.1. The molecule has 4 heteroatoms. The second-order valence-electron chi connectivity index (χ2n) is 4.24. The molecule has 0 heterocycles. The average Bonchev–Trinajstić information content (AvgIpc) is 3.18. The third kappa shape index (κ3) is 2.20. The number of halogens is 1. The summed E-state index contributed by atoms with van der Waals surface area (Å²) in [5.74, 6) is -0.359. The minimum atomic E-state index is -0.374. The fourth-order valence-electron chi connectivity index (χ4n) is 1.87. The predicted octanol–water partition coefficient (Wildman–Crippen LogP) is 2.92. The third-order valence-electron chi connectivity index (χ3n) is 3.08. The molecule has 0 atom stereocenters. The van der Waals surface area contributed by atoms with Crippen LogP contribution in [0.2, 0.25) is 0 Å². The lowest BCUT2D eigenvalue weighted by Crippen LogP contribution is -2.08. The van der Waals surface area contributed by atoms with Gasteiger partial charge in [-0.2, -0.15) is 5.26 Å². The summed E-state index contributed by atoms with van der Waals surface area (Å²) in [4.78, 5) is 11.5. The maximum Gasteiger partial charge on any atom is 0.337 e. The minimum absolute atomic E-state index is 0.359. The van der Waals surface area contributed by atoms with E-state index < -0.39 is 0 Å². The lowest BCUT2D eigenvalue weighted by atomic mass is 9.94. The van der Waals surface area contributed by atoms with Gasteiger partial charge in [-0.15, -0.1) is 0 Å². The second-order valence-corrected chi connectivity index (χ2v) is 4.80. The van der Waals surface area contributed by atoms with Crippen LogP contribution in [0, 0.1) is 11.3 Å². The van der Waals surface area contributed by atoms with Crippen LogP contribution in [0.3, 0.4) is 0 Å². The molecule has 0 saturated heterocycles. The van der Waals surface area contributed by atoms with Gasteiger partial charge in [0, 0.05) is 5.33 Å². The molecule has 0 N–H and O–H groups in total. The smallest absolute Gasteiger partial charge is 0.337 e. The van der Waals surface area contributed by atoms with E-state index in [4.69, 9.17) is 4.74 Å². The van der Waals surface area contributed by atoms with Crippen molar-refractivity contribution in [2.45, 2.75) is 23.6 Å². The molecule has 0 aromatic heterocycles. The first-order chi connectivity index (χ1) is 8.15. The van der Waals surface area contributed by atoms with Crippen LogP contribution in [0.1, 0.15) is 34.3 Å². The summed E-state index contributed by atoms with van der Waals surface area (Å²) in [7, 11) is 1.36. The van der Waals surface area contributed by atoms with E-state index in [0.29, 0.717) is 10.9 Å². The molecule has 0 bridgehead atoms. The topological polar surface area (TPSA) is 50.1 Å². The van der Waals surface area contributed by atoms with Gasteiger partial charge >= 0.3 is 5.97 Å². The number of methoxy groups -OCH3 is 1. The zero-order valence-corrected chi connectivity index (χ0v) is 11.1. The van der Waals surface area contributed by atoms with Crippen LogP contribution in [-0.2, 0) is 15.5 Å². The highest BCUT2D eigenvalue weighted by atomic mass is 79.9. The number of carbonyl (C=O) groups is 1. The largest absolute Gasteiger partial charge is 0.465 e. The van der Waals surface area contributed by atoms with Crippen LogP contribution in [0.4, 0.5) is 0 Å². The van der Waals surface area contributed by atoms with Crippen molar-refractivity contribution in [2.75, 3.05) is 7.11 Å². The molecule has 1 aromatic rings. The number of hydrogen-bond donors (Lipinski definition) is 0. The monoisotopic (exact) mass is 293 g/mol. The Hall–Kier alpha value is -1.34. The molecule has 1 aliphatic rings. The molecule has 2 rings (SSSR count). The molecule has 0 unspecified atom stereocenters. The van der Waals surface area contributed by atoms with Gasteiger partial charge in [0.15, 0.2) is 0 Å². The van der Waals surface area contributed by atoms with Crippen molar-refractivity contribution < 1.29 is 9.53 Å². The van der Waals surface area contributed by atoms with Crippen molar-refractivity contribution in [1.29, 1.82) is 5.26 Å². The number of nitrogens with zero attached hydrogens (tertiary/aromatic N) is 1. The highest BCUT2D eigenvalue weighted by Crippen LogP contribution is 2.48. The van der Waals surface area contributed by atoms with Crippen molar-refractivity contribution in [3.63, 3.8) is 0 Å². The molecule has 0 radical (unpaired) electrons. The third-order valence-corrected chi connectivity index (χ3v) is 3.73. The first-order valence-electron chi connectivity index (χ1n) is 5.35. The number of rotatable bonds is 3. The Morgan fingerprint density at radius 1 is 1.53 bits per heavy atom. The molecule has 0 amide bonds. The Bertz CT molecular complexity index is 501. The number of carbonyl (C=O) groups excluding carboxylic acids is 1. The van der Waals surface area contributed by atoms with Crippen molar-refractivity contribution in [3.8, 4) is 6.07 Å². The summed E-state index contributed by atoms with van der Waals surface area (Å²) in [5, 5.41) is 9.84. The maximum atomic E-state index is 11.5. The molecule has 1 saturated carbocycles. The van der Waals surface area contributed by atoms with Crippen LogP contribution in [0.5, 0.6) is 0 Å². The van der Waals surface area contributed by atoms with Gasteiger partial charge in [0.1, 0.15) is 0 Å². The molecule has 1 aromatic carbocycles. The Balaban J connectivity index is 2.47. The highest BCUT2D eigenvalue weighted by Gasteiger charge is 2.45. The Kier molecular flexibility index (Phi) is 3.21. The number of ether oxygens (including phenoxy) is 1. The summed E-state index contributed by atoms with van der Waals surface area (Å²) >= 11 is 3.37. The predicted molar refractivity (Wildman–Crippen MR) is 66.9 cm³/mol. The highest BCUT2D eigenvalue weighted by molar-refractivity contribution is 9.08. The number of alkyl halides is 1. The minimum Gasteiger partial charge on any atom is -0.465 e. The van der Waals surface area contributed by atoms with Gasteiger partial charge in [0.25, 0.3) is 0 Å². The van der Waals surface area contributed by atoms with Gasteiger partial charge in [0.2, 0.25) is 0 Å². The van der Waals surface area contributed by atoms with E-state index in [1.165, 1.54) is 7.11 Å². The molecule has 88 valence electrons. The van der Waals surface area contributed by atoms with Gasteiger partial charge in [-0.25, -0.2) is 4.79 Å².